The summed E-state index contributed by atoms with van der Waals surface area (Å²) in [6.07, 6.45) is 4.48. The van der Waals surface area contributed by atoms with Gasteiger partial charge in [0.1, 0.15) is 0 Å². The van der Waals surface area contributed by atoms with Gasteiger partial charge in [-0.25, -0.2) is 0 Å². The third-order valence-corrected chi connectivity index (χ3v) is 3.65. The van der Waals surface area contributed by atoms with Gasteiger partial charge in [0.05, 0.1) is 0 Å². The second-order valence-corrected chi connectivity index (χ2v) is 4.82. The number of nitrogens with zero attached hydrogens (tertiary/aromatic N) is 1. The van der Waals surface area contributed by atoms with Gasteiger partial charge in [0, 0.05) is 12.6 Å². The molecule has 2 fully saturated rings. The summed E-state index contributed by atoms with van der Waals surface area (Å²) in [4.78, 5) is 2.53. The molecule has 0 bridgehead atoms. The molecule has 1 heterocycles. The Morgan fingerprint density at radius 3 is 2.18 bits per heavy atom. The van der Waals surface area contributed by atoms with E-state index in [2.05, 4.69) is 25.8 Å². The Labute approximate surface area is 69.8 Å². The zero-order valence-electron chi connectivity index (χ0n) is 7.93. The average Bonchev–Trinajstić information content (AvgIpc) is 1.75. The molecule has 1 atom stereocenters. The first-order valence-corrected chi connectivity index (χ1v) is 4.86. The van der Waals surface area contributed by atoms with E-state index in [4.69, 9.17) is 0 Å². The van der Waals surface area contributed by atoms with Gasteiger partial charge in [-0.05, 0) is 31.2 Å². The highest BCUT2D eigenvalue weighted by molar-refractivity contribution is 5.08. The van der Waals surface area contributed by atoms with Crippen molar-refractivity contribution in [3.8, 4) is 0 Å². The molecule has 0 amide bonds. The van der Waals surface area contributed by atoms with Crippen molar-refractivity contribution in [3.63, 3.8) is 0 Å². The lowest BCUT2D eigenvalue weighted by Gasteiger charge is -2.63. The minimum atomic E-state index is 0.781. The first-order valence-electron chi connectivity index (χ1n) is 4.86. The largest absolute Gasteiger partial charge is 0.302 e. The van der Waals surface area contributed by atoms with Gasteiger partial charge in [-0.15, -0.1) is 0 Å². The summed E-state index contributed by atoms with van der Waals surface area (Å²) < 4.78 is 0. The Morgan fingerprint density at radius 1 is 1.36 bits per heavy atom. The maximum Gasteiger partial charge on any atom is 0.0184 e. The molecule has 0 aromatic carbocycles. The maximum atomic E-state index is 2.53. The molecule has 1 spiro atoms. The summed E-state index contributed by atoms with van der Waals surface area (Å²) in [6, 6.07) is 0.899. The van der Waals surface area contributed by atoms with Crippen LogP contribution < -0.4 is 0 Å². The quantitative estimate of drug-likeness (QED) is 0.558. The Kier molecular flexibility index (Phi) is 1.54. The molecule has 1 aliphatic heterocycles. The van der Waals surface area contributed by atoms with Crippen LogP contribution in [0, 0.1) is 11.3 Å². The molecule has 2 aliphatic rings. The third-order valence-electron chi connectivity index (χ3n) is 3.65. The van der Waals surface area contributed by atoms with E-state index in [-0.39, 0.29) is 0 Å². The molecule has 1 saturated heterocycles. The fraction of sp³-hybridized carbons (Fsp3) is 1.00. The number of hydrogen-bond donors (Lipinski definition) is 0. The van der Waals surface area contributed by atoms with Gasteiger partial charge >= 0.3 is 0 Å². The molecule has 2 rings (SSSR count). The molecule has 64 valence electrons. The lowest BCUT2D eigenvalue weighted by atomic mass is 9.56. The molecule has 1 heteroatoms. The summed E-state index contributed by atoms with van der Waals surface area (Å²) in [6.45, 7) is 6.09. The van der Waals surface area contributed by atoms with Crippen molar-refractivity contribution in [3.05, 3.63) is 0 Å². The van der Waals surface area contributed by atoms with Gasteiger partial charge in [-0.1, -0.05) is 20.3 Å². The zero-order valence-corrected chi connectivity index (χ0v) is 7.93. The lowest BCUT2D eigenvalue weighted by molar-refractivity contribution is -0.130. The van der Waals surface area contributed by atoms with Crippen LogP contribution in [0.2, 0.25) is 0 Å². The molecule has 0 N–H and O–H groups in total. The van der Waals surface area contributed by atoms with Gasteiger partial charge in [-0.3, -0.25) is 0 Å². The van der Waals surface area contributed by atoms with Crippen LogP contribution in [-0.4, -0.2) is 24.5 Å². The first-order chi connectivity index (χ1) is 5.16. The smallest absolute Gasteiger partial charge is 0.0184 e. The summed E-state index contributed by atoms with van der Waals surface area (Å²) >= 11 is 0. The highest BCUT2D eigenvalue weighted by Gasteiger charge is 2.54. The summed E-state index contributed by atoms with van der Waals surface area (Å²) in [5.41, 5.74) is 0.781. The van der Waals surface area contributed by atoms with E-state index in [1.807, 2.05) is 0 Å². The van der Waals surface area contributed by atoms with Crippen LogP contribution in [-0.2, 0) is 0 Å². The zero-order chi connectivity index (χ0) is 8.06. The molecule has 0 radical (unpaired) electrons. The van der Waals surface area contributed by atoms with E-state index in [9.17, 15) is 0 Å². The van der Waals surface area contributed by atoms with E-state index in [0.29, 0.717) is 0 Å². The van der Waals surface area contributed by atoms with Crippen LogP contribution in [0.4, 0.5) is 0 Å². The van der Waals surface area contributed by atoms with Crippen LogP contribution in [0.3, 0.4) is 0 Å². The monoisotopic (exact) mass is 153 g/mol. The second kappa shape index (κ2) is 2.22. The van der Waals surface area contributed by atoms with Gasteiger partial charge < -0.3 is 4.90 Å². The number of hydrogen-bond acceptors (Lipinski definition) is 1. The standard InChI is InChI=1S/C10H19N/c1-8(2)9-10(5-4-6-10)7-11(9)3/h8-9H,4-7H2,1-3H3. The topological polar surface area (TPSA) is 3.24 Å². The van der Waals surface area contributed by atoms with Crippen LogP contribution >= 0.6 is 0 Å². The van der Waals surface area contributed by atoms with E-state index >= 15 is 0 Å². The molecule has 1 saturated carbocycles. The molecule has 11 heavy (non-hydrogen) atoms. The fourth-order valence-electron chi connectivity index (χ4n) is 3.34. The summed E-state index contributed by atoms with van der Waals surface area (Å²) in [5, 5.41) is 0. The average molecular weight is 153 g/mol. The molecule has 1 unspecified atom stereocenters. The minimum absolute atomic E-state index is 0.781. The van der Waals surface area contributed by atoms with Crippen LogP contribution in [0.5, 0.6) is 0 Å². The van der Waals surface area contributed by atoms with E-state index < -0.39 is 0 Å². The van der Waals surface area contributed by atoms with Crippen molar-refractivity contribution in [1.29, 1.82) is 0 Å². The van der Waals surface area contributed by atoms with E-state index in [0.717, 1.165) is 17.4 Å². The van der Waals surface area contributed by atoms with Crippen molar-refractivity contribution < 1.29 is 0 Å². The van der Waals surface area contributed by atoms with Crippen LogP contribution in [0.25, 0.3) is 0 Å². The molecule has 1 nitrogen and oxygen atoms in total. The highest BCUT2D eigenvalue weighted by Crippen LogP contribution is 2.54. The minimum Gasteiger partial charge on any atom is -0.302 e. The van der Waals surface area contributed by atoms with Crippen molar-refractivity contribution >= 4 is 0 Å². The second-order valence-electron chi connectivity index (χ2n) is 4.82. The van der Waals surface area contributed by atoms with Crippen molar-refractivity contribution in [2.75, 3.05) is 13.6 Å². The summed E-state index contributed by atoms with van der Waals surface area (Å²) in [5.74, 6) is 0.856. The van der Waals surface area contributed by atoms with Gasteiger partial charge in [0.15, 0.2) is 0 Å². The van der Waals surface area contributed by atoms with Gasteiger partial charge in [0.25, 0.3) is 0 Å². The SMILES string of the molecule is CC(C)C1N(C)CC12CCC2. The molecular weight excluding hydrogens is 134 g/mol. The van der Waals surface area contributed by atoms with Crippen molar-refractivity contribution in [2.24, 2.45) is 11.3 Å². The van der Waals surface area contributed by atoms with Crippen molar-refractivity contribution in [1.82, 2.24) is 4.90 Å². The van der Waals surface area contributed by atoms with Gasteiger partial charge in [-0.2, -0.15) is 0 Å². The van der Waals surface area contributed by atoms with Crippen LogP contribution in [0.1, 0.15) is 33.1 Å². The lowest BCUT2D eigenvalue weighted by Crippen LogP contribution is -2.67. The third kappa shape index (κ3) is 0.868. The fourth-order valence-corrected chi connectivity index (χ4v) is 3.34. The number of rotatable bonds is 1. The maximum absolute atomic E-state index is 2.53. The Hall–Kier alpha value is -0.0400. The predicted octanol–water partition coefficient (Wildman–Crippen LogP) is 2.13. The molecule has 0 aromatic heterocycles. The molecular formula is C10H19N. The highest BCUT2D eigenvalue weighted by atomic mass is 15.2. The molecule has 1 aliphatic carbocycles. The number of likely N-dealkylation sites (tertiary alicyclic amines) is 1. The Balaban J connectivity index is 2.04. The molecule has 0 aromatic rings. The van der Waals surface area contributed by atoms with Gasteiger partial charge in [0.2, 0.25) is 0 Å². The summed E-state index contributed by atoms with van der Waals surface area (Å²) in [7, 11) is 2.27. The van der Waals surface area contributed by atoms with Crippen molar-refractivity contribution in [2.45, 2.75) is 39.2 Å². The van der Waals surface area contributed by atoms with E-state index in [1.54, 1.807) is 0 Å². The Bertz CT molecular complexity index is 154. The first kappa shape index (κ1) is 7.60. The van der Waals surface area contributed by atoms with E-state index in [1.165, 1.54) is 25.8 Å². The van der Waals surface area contributed by atoms with Crippen LogP contribution in [0.15, 0.2) is 0 Å². The normalized spacial score (nSPS) is 35.5. The predicted molar refractivity (Wildman–Crippen MR) is 47.5 cm³/mol. The Morgan fingerprint density at radius 2 is 2.00 bits per heavy atom.